The van der Waals surface area contributed by atoms with Gasteiger partial charge in [-0.25, -0.2) is 9.36 Å². The first kappa shape index (κ1) is 24.3. The lowest BCUT2D eigenvalue weighted by Crippen LogP contribution is -2.36. The van der Waals surface area contributed by atoms with Crippen molar-refractivity contribution < 1.29 is 27.8 Å². The summed E-state index contributed by atoms with van der Waals surface area (Å²) < 4.78 is 43.2. The summed E-state index contributed by atoms with van der Waals surface area (Å²) in [7, 11) is 2.01. The number of benzene rings is 1. The molecule has 1 aliphatic heterocycles. The minimum absolute atomic E-state index is 0.0280. The summed E-state index contributed by atoms with van der Waals surface area (Å²) in [4.78, 5) is 32.0. The van der Waals surface area contributed by atoms with Gasteiger partial charge in [0.1, 0.15) is 5.75 Å². The predicted octanol–water partition coefficient (Wildman–Crippen LogP) is 2.97. The number of nitrogens with one attached hydrogen (secondary N) is 1. The van der Waals surface area contributed by atoms with Crippen LogP contribution in [-0.4, -0.2) is 56.5 Å². The van der Waals surface area contributed by atoms with E-state index in [1.165, 1.54) is 35.3 Å². The lowest BCUT2D eigenvalue weighted by Gasteiger charge is -2.28. The molecule has 0 bridgehead atoms. The van der Waals surface area contributed by atoms with Crippen LogP contribution in [0.2, 0.25) is 0 Å². The molecule has 9 nitrogen and oxygen atoms in total. The number of rotatable bonds is 6. The average Bonchev–Trinajstić information content (AvgIpc) is 3.08. The Morgan fingerprint density at radius 1 is 1.20 bits per heavy atom. The number of aromatic nitrogens is 3. The zero-order valence-corrected chi connectivity index (χ0v) is 18.8. The van der Waals surface area contributed by atoms with E-state index in [1.807, 2.05) is 7.05 Å². The molecule has 0 saturated carbocycles. The van der Waals surface area contributed by atoms with E-state index in [1.54, 1.807) is 6.07 Å². The van der Waals surface area contributed by atoms with E-state index >= 15 is 0 Å². The lowest BCUT2D eigenvalue weighted by atomic mass is 9.96. The van der Waals surface area contributed by atoms with Gasteiger partial charge in [-0.05, 0) is 68.9 Å². The minimum Gasteiger partial charge on any atom is -0.493 e. The quantitative estimate of drug-likeness (QED) is 0.550. The van der Waals surface area contributed by atoms with Gasteiger partial charge < -0.3 is 20.1 Å². The number of hydrogen-bond acceptors (Lipinski definition) is 6. The van der Waals surface area contributed by atoms with Gasteiger partial charge in [-0.2, -0.15) is 0 Å². The van der Waals surface area contributed by atoms with Gasteiger partial charge >= 0.3 is 12.1 Å². The Balaban J connectivity index is 1.53. The van der Waals surface area contributed by atoms with Gasteiger partial charge in [0.15, 0.2) is 0 Å². The number of hydrogen-bond donors (Lipinski definition) is 2. The van der Waals surface area contributed by atoms with E-state index < -0.39 is 23.7 Å². The molecule has 1 amide bonds. The maximum absolute atomic E-state index is 13.0. The zero-order chi connectivity index (χ0) is 25.2. The van der Waals surface area contributed by atoms with Crippen molar-refractivity contribution in [3.05, 3.63) is 65.0 Å². The number of amides is 1. The average molecular weight is 491 g/mol. The third-order valence-electron chi connectivity index (χ3n) is 5.87. The molecule has 0 radical (unpaired) electrons. The second-order valence-electron chi connectivity index (χ2n) is 8.37. The van der Waals surface area contributed by atoms with Crippen molar-refractivity contribution in [2.45, 2.75) is 25.7 Å². The van der Waals surface area contributed by atoms with E-state index in [0.717, 1.165) is 42.6 Å². The number of anilines is 1. The van der Waals surface area contributed by atoms with Gasteiger partial charge in [-0.15, -0.1) is 13.2 Å². The van der Waals surface area contributed by atoms with Gasteiger partial charge in [0.05, 0.1) is 30.3 Å². The number of piperidine rings is 1. The number of nitrogens with zero attached hydrogens (tertiary/aromatic N) is 4. The van der Waals surface area contributed by atoms with Gasteiger partial charge in [-0.3, -0.25) is 14.3 Å². The van der Waals surface area contributed by atoms with Crippen LogP contribution < -0.4 is 15.7 Å². The predicted molar refractivity (Wildman–Crippen MR) is 121 cm³/mol. The van der Waals surface area contributed by atoms with Crippen LogP contribution in [0.15, 0.2) is 53.7 Å². The second kappa shape index (κ2) is 9.82. The van der Waals surface area contributed by atoms with Crippen LogP contribution in [0.25, 0.3) is 5.69 Å². The smallest absolute Gasteiger partial charge is 0.493 e. The van der Waals surface area contributed by atoms with Crippen LogP contribution in [0.3, 0.4) is 0 Å². The van der Waals surface area contributed by atoms with Gasteiger partial charge in [0, 0.05) is 12.1 Å². The van der Waals surface area contributed by atoms with Gasteiger partial charge in [0.25, 0.3) is 0 Å². The summed E-state index contributed by atoms with van der Waals surface area (Å²) in [6.45, 7) is 1.70. The zero-order valence-electron chi connectivity index (χ0n) is 18.8. The Morgan fingerprint density at radius 2 is 1.89 bits per heavy atom. The van der Waals surface area contributed by atoms with Gasteiger partial charge in [0.2, 0.25) is 11.8 Å². The molecule has 35 heavy (non-hydrogen) atoms. The number of likely N-dealkylation sites (tertiary alicyclic amines) is 1. The lowest BCUT2D eigenvalue weighted by molar-refractivity contribution is -0.274. The molecule has 1 saturated heterocycles. The highest BCUT2D eigenvalue weighted by Gasteiger charge is 2.31. The highest BCUT2D eigenvalue weighted by atomic mass is 19.4. The summed E-state index contributed by atoms with van der Waals surface area (Å²) in [6, 6.07) is 6.21. The molecule has 0 aliphatic carbocycles. The van der Waals surface area contributed by atoms with Crippen LogP contribution in [0, 0.1) is 5.92 Å². The fraction of sp³-hybridized carbons (Fsp3) is 0.348. The van der Waals surface area contributed by atoms with Crippen LogP contribution in [0.5, 0.6) is 11.6 Å². The fourth-order valence-electron chi connectivity index (χ4n) is 3.99. The molecule has 3 heterocycles. The third kappa shape index (κ3) is 5.83. The first-order valence-corrected chi connectivity index (χ1v) is 10.9. The van der Waals surface area contributed by atoms with E-state index in [0.29, 0.717) is 11.3 Å². The standard InChI is InChI=1S/C23H24F3N5O4/c1-29-10-7-15(8-11-29)21(33)28-19-12-27-9-6-16(19)13-30-14-20(32)31(22(30)34)17-2-4-18(5-3-17)35-23(24,25)26/h2-6,9,12,14-15,32H,7-8,10-11,13H2,1H3,(H,28,33). The van der Waals surface area contributed by atoms with Gasteiger partial charge in [-0.1, -0.05) is 0 Å². The molecular formula is C23H24F3N5O4. The highest BCUT2D eigenvalue weighted by molar-refractivity contribution is 5.93. The number of pyridine rings is 1. The monoisotopic (exact) mass is 491 g/mol. The molecule has 2 N–H and O–H groups in total. The molecular weight excluding hydrogens is 467 g/mol. The Morgan fingerprint density at radius 3 is 2.54 bits per heavy atom. The van der Waals surface area contributed by atoms with Crippen molar-refractivity contribution in [1.29, 1.82) is 0 Å². The number of carbonyl (C=O) groups is 1. The van der Waals surface area contributed by atoms with Crippen LogP contribution in [-0.2, 0) is 11.3 Å². The number of halogens is 3. The van der Waals surface area contributed by atoms with Crippen LogP contribution >= 0.6 is 0 Å². The Bertz CT molecular complexity index is 1250. The summed E-state index contributed by atoms with van der Waals surface area (Å²) in [5.41, 5.74) is 0.612. The van der Waals surface area contributed by atoms with Crippen molar-refractivity contribution in [2.24, 2.45) is 5.92 Å². The maximum atomic E-state index is 13.0. The summed E-state index contributed by atoms with van der Waals surface area (Å²) in [6.07, 6.45) is 0.910. The van der Waals surface area contributed by atoms with E-state index in [9.17, 15) is 27.9 Å². The minimum atomic E-state index is -4.84. The summed E-state index contributed by atoms with van der Waals surface area (Å²) in [5, 5.41) is 13.3. The molecule has 1 aromatic carbocycles. The number of ether oxygens (including phenoxy) is 1. The molecule has 1 aliphatic rings. The SMILES string of the molecule is CN1CCC(C(=O)Nc2cnccc2Cn2cc(O)n(-c3ccc(OC(F)(F)F)cc3)c2=O)CC1. The fourth-order valence-corrected chi connectivity index (χ4v) is 3.99. The molecule has 4 rings (SSSR count). The van der Waals surface area contributed by atoms with E-state index in [-0.39, 0.29) is 24.1 Å². The van der Waals surface area contributed by atoms with E-state index in [4.69, 9.17) is 0 Å². The Hall–Kier alpha value is -3.80. The van der Waals surface area contributed by atoms with Crippen molar-refractivity contribution in [2.75, 3.05) is 25.5 Å². The summed E-state index contributed by atoms with van der Waals surface area (Å²) >= 11 is 0. The third-order valence-corrected chi connectivity index (χ3v) is 5.87. The number of carbonyl (C=O) groups excluding carboxylic acids is 1. The number of imidazole rings is 1. The molecule has 3 aromatic rings. The summed E-state index contributed by atoms with van der Waals surface area (Å²) in [5.74, 6) is -1.07. The molecule has 1 fully saturated rings. The van der Waals surface area contributed by atoms with Crippen LogP contribution in [0.4, 0.5) is 18.9 Å². The number of alkyl halides is 3. The molecule has 0 spiro atoms. The van der Waals surface area contributed by atoms with E-state index in [2.05, 4.69) is 19.9 Å². The largest absolute Gasteiger partial charge is 0.573 e. The molecule has 2 aromatic heterocycles. The highest BCUT2D eigenvalue weighted by Crippen LogP contribution is 2.25. The Kier molecular flexibility index (Phi) is 6.83. The maximum Gasteiger partial charge on any atom is 0.573 e. The second-order valence-corrected chi connectivity index (χ2v) is 8.37. The topological polar surface area (TPSA) is 102 Å². The van der Waals surface area contributed by atoms with Crippen molar-refractivity contribution in [3.63, 3.8) is 0 Å². The number of aromatic hydroxyl groups is 1. The normalized spacial score (nSPS) is 15.2. The molecule has 0 atom stereocenters. The van der Waals surface area contributed by atoms with Crippen LogP contribution in [0.1, 0.15) is 18.4 Å². The first-order chi connectivity index (χ1) is 16.6. The molecule has 186 valence electrons. The molecule has 12 heteroatoms. The van der Waals surface area contributed by atoms with Crippen molar-refractivity contribution in [3.8, 4) is 17.3 Å². The van der Waals surface area contributed by atoms with Crippen molar-refractivity contribution >= 4 is 11.6 Å². The van der Waals surface area contributed by atoms with Crippen molar-refractivity contribution in [1.82, 2.24) is 19.0 Å². The molecule has 0 unspecified atom stereocenters. The Labute approximate surface area is 198 Å². The first-order valence-electron chi connectivity index (χ1n) is 10.9.